The molecule has 0 bridgehead atoms. The molecular weight excluding hydrogens is 298 g/mol. The molecule has 0 heterocycles. The third-order valence-electron chi connectivity index (χ3n) is 2.78. The zero-order chi connectivity index (χ0) is 14.8. The van der Waals surface area contributed by atoms with Crippen molar-refractivity contribution in [2.45, 2.75) is 17.9 Å². The van der Waals surface area contributed by atoms with Crippen molar-refractivity contribution in [1.29, 1.82) is 0 Å². The van der Waals surface area contributed by atoms with Gasteiger partial charge in [0, 0.05) is 5.56 Å². The first-order valence-corrected chi connectivity index (χ1v) is 7.82. The van der Waals surface area contributed by atoms with Gasteiger partial charge in [-0.05, 0) is 25.1 Å². The van der Waals surface area contributed by atoms with Crippen molar-refractivity contribution in [2.75, 3.05) is 4.72 Å². The zero-order valence-electron chi connectivity index (χ0n) is 10.7. The summed E-state index contributed by atoms with van der Waals surface area (Å²) in [5, 5.41) is 9.81. The van der Waals surface area contributed by atoms with E-state index in [0.717, 1.165) is 0 Å². The average Bonchev–Trinajstić information content (AvgIpc) is 2.39. The Balaban J connectivity index is 2.42. The van der Waals surface area contributed by atoms with Crippen LogP contribution in [0.3, 0.4) is 0 Å². The Morgan fingerprint density at radius 2 is 1.70 bits per heavy atom. The average molecular weight is 312 g/mol. The molecule has 0 aromatic heterocycles. The molecule has 106 valence electrons. The standard InChI is InChI=1S/C14H14ClNO3S/c1-10(17)11-6-2-4-8-13(11)16-20(18,19)14-9-5-3-7-12(14)15/h2-10,16-17H,1H3. The zero-order valence-corrected chi connectivity index (χ0v) is 12.3. The van der Waals surface area contributed by atoms with Crippen LogP contribution in [0.15, 0.2) is 53.4 Å². The summed E-state index contributed by atoms with van der Waals surface area (Å²) in [6, 6.07) is 12.9. The highest BCUT2D eigenvalue weighted by Crippen LogP contribution is 2.27. The number of hydrogen-bond donors (Lipinski definition) is 2. The molecule has 0 amide bonds. The van der Waals surface area contributed by atoms with E-state index in [1.807, 2.05) is 0 Å². The van der Waals surface area contributed by atoms with Crippen LogP contribution in [-0.2, 0) is 10.0 Å². The van der Waals surface area contributed by atoms with Crippen molar-refractivity contribution in [1.82, 2.24) is 0 Å². The Morgan fingerprint density at radius 3 is 2.35 bits per heavy atom. The number of halogens is 1. The molecule has 2 aromatic carbocycles. The largest absolute Gasteiger partial charge is 0.389 e. The molecule has 0 aliphatic rings. The Kier molecular flexibility index (Phi) is 4.32. The van der Waals surface area contributed by atoms with E-state index in [1.165, 1.54) is 12.1 Å². The van der Waals surface area contributed by atoms with Crippen molar-refractivity contribution in [2.24, 2.45) is 0 Å². The van der Waals surface area contributed by atoms with Gasteiger partial charge in [-0.15, -0.1) is 0 Å². The number of anilines is 1. The fraction of sp³-hybridized carbons (Fsp3) is 0.143. The fourth-order valence-electron chi connectivity index (χ4n) is 1.82. The summed E-state index contributed by atoms with van der Waals surface area (Å²) in [4.78, 5) is 0.00191. The van der Waals surface area contributed by atoms with Crippen LogP contribution < -0.4 is 4.72 Å². The molecule has 0 aliphatic heterocycles. The molecule has 4 nitrogen and oxygen atoms in total. The minimum atomic E-state index is -3.79. The van der Waals surface area contributed by atoms with Crippen molar-refractivity contribution in [3.63, 3.8) is 0 Å². The second-order valence-corrected chi connectivity index (χ2v) is 6.36. The topological polar surface area (TPSA) is 66.4 Å². The summed E-state index contributed by atoms with van der Waals surface area (Å²) in [5.41, 5.74) is 0.838. The normalized spacial score (nSPS) is 12.9. The van der Waals surface area contributed by atoms with E-state index in [0.29, 0.717) is 11.3 Å². The molecule has 2 aromatic rings. The highest BCUT2D eigenvalue weighted by Gasteiger charge is 2.19. The smallest absolute Gasteiger partial charge is 0.263 e. The first-order chi connectivity index (χ1) is 9.42. The first-order valence-electron chi connectivity index (χ1n) is 5.96. The maximum Gasteiger partial charge on any atom is 0.263 e. The van der Waals surface area contributed by atoms with Gasteiger partial charge in [0.2, 0.25) is 0 Å². The van der Waals surface area contributed by atoms with E-state index in [-0.39, 0.29) is 9.92 Å². The highest BCUT2D eigenvalue weighted by atomic mass is 35.5. The maximum absolute atomic E-state index is 12.3. The van der Waals surface area contributed by atoms with Gasteiger partial charge in [-0.1, -0.05) is 41.9 Å². The molecular formula is C14H14ClNO3S. The van der Waals surface area contributed by atoms with Crippen molar-refractivity contribution in [3.05, 3.63) is 59.1 Å². The number of nitrogens with one attached hydrogen (secondary N) is 1. The van der Waals surface area contributed by atoms with Gasteiger partial charge >= 0.3 is 0 Å². The maximum atomic E-state index is 12.3. The van der Waals surface area contributed by atoms with Crippen LogP contribution >= 0.6 is 11.6 Å². The van der Waals surface area contributed by atoms with Gasteiger partial charge in [0.15, 0.2) is 0 Å². The van der Waals surface area contributed by atoms with Gasteiger partial charge in [-0.25, -0.2) is 8.42 Å². The Bertz CT molecular complexity index is 714. The van der Waals surface area contributed by atoms with Crippen LogP contribution in [-0.4, -0.2) is 13.5 Å². The molecule has 0 saturated heterocycles. The van der Waals surface area contributed by atoms with Crippen molar-refractivity contribution < 1.29 is 13.5 Å². The monoisotopic (exact) mass is 311 g/mol. The lowest BCUT2D eigenvalue weighted by Gasteiger charge is -2.14. The number of hydrogen-bond acceptors (Lipinski definition) is 3. The molecule has 20 heavy (non-hydrogen) atoms. The molecule has 1 atom stereocenters. The summed E-state index contributed by atoms with van der Waals surface area (Å²) < 4.78 is 27.1. The van der Waals surface area contributed by atoms with Crippen LogP contribution in [0.5, 0.6) is 0 Å². The number of para-hydroxylation sites is 1. The highest BCUT2D eigenvalue weighted by molar-refractivity contribution is 7.92. The molecule has 0 spiro atoms. The molecule has 6 heteroatoms. The lowest BCUT2D eigenvalue weighted by molar-refractivity contribution is 0.200. The Labute approximate surface area is 123 Å². The lowest BCUT2D eigenvalue weighted by atomic mass is 10.1. The van der Waals surface area contributed by atoms with E-state index < -0.39 is 16.1 Å². The molecule has 0 radical (unpaired) electrons. The predicted octanol–water partition coefficient (Wildman–Crippen LogP) is 3.19. The predicted molar refractivity (Wildman–Crippen MR) is 79.3 cm³/mol. The molecule has 0 aliphatic carbocycles. The number of rotatable bonds is 4. The molecule has 1 unspecified atom stereocenters. The minimum Gasteiger partial charge on any atom is -0.389 e. The third kappa shape index (κ3) is 3.12. The van der Waals surface area contributed by atoms with Crippen molar-refractivity contribution >= 4 is 27.3 Å². The summed E-state index contributed by atoms with van der Waals surface area (Å²) in [5.74, 6) is 0. The number of benzene rings is 2. The second-order valence-electron chi connectivity index (χ2n) is 4.30. The van der Waals surface area contributed by atoms with E-state index in [9.17, 15) is 13.5 Å². The molecule has 0 fully saturated rings. The van der Waals surface area contributed by atoms with E-state index in [1.54, 1.807) is 43.3 Å². The van der Waals surface area contributed by atoms with Gasteiger partial charge in [0.1, 0.15) is 4.90 Å². The number of sulfonamides is 1. The molecule has 2 N–H and O–H groups in total. The van der Waals surface area contributed by atoms with Gasteiger partial charge in [-0.2, -0.15) is 0 Å². The van der Waals surface area contributed by atoms with Crippen molar-refractivity contribution in [3.8, 4) is 0 Å². The van der Waals surface area contributed by atoms with Gasteiger partial charge in [0.05, 0.1) is 16.8 Å². The summed E-state index contributed by atoms with van der Waals surface area (Å²) in [6.07, 6.45) is -0.778. The van der Waals surface area contributed by atoms with E-state index in [2.05, 4.69) is 4.72 Å². The second kappa shape index (κ2) is 5.83. The van der Waals surface area contributed by atoms with Crippen LogP contribution in [0.2, 0.25) is 5.02 Å². The Hall–Kier alpha value is -1.56. The Morgan fingerprint density at radius 1 is 1.10 bits per heavy atom. The third-order valence-corrected chi connectivity index (χ3v) is 4.65. The van der Waals surface area contributed by atoms with E-state index >= 15 is 0 Å². The van der Waals surface area contributed by atoms with Crippen LogP contribution in [0.1, 0.15) is 18.6 Å². The van der Waals surface area contributed by atoms with Gasteiger partial charge in [-0.3, -0.25) is 4.72 Å². The summed E-state index contributed by atoms with van der Waals surface area (Å²) in [7, 11) is -3.79. The van der Waals surface area contributed by atoms with Crippen LogP contribution in [0, 0.1) is 0 Å². The molecule has 2 rings (SSSR count). The fourth-order valence-corrected chi connectivity index (χ4v) is 3.42. The summed E-state index contributed by atoms with van der Waals surface area (Å²) in [6.45, 7) is 1.57. The SMILES string of the molecule is CC(O)c1ccccc1NS(=O)(=O)c1ccccc1Cl. The van der Waals surface area contributed by atoms with Crippen LogP contribution in [0.25, 0.3) is 0 Å². The lowest BCUT2D eigenvalue weighted by Crippen LogP contribution is -2.15. The number of aliphatic hydroxyl groups excluding tert-OH is 1. The first kappa shape index (κ1) is 14.8. The number of aliphatic hydroxyl groups is 1. The quantitative estimate of drug-likeness (QED) is 0.911. The van der Waals surface area contributed by atoms with Gasteiger partial charge < -0.3 is 5.11 Å². The van der Waals surface area contributed by atoms with E-state index in [4.69, 9.17) is 11.6 Å². The summed E-state index contributed by atoms with van der Waals surface area (Å²) >= 11 is 5.91. The van der Waals surface area contributed by atoms with Crippen LogP contribution in [0.4, 0.5) is 5.69 Å². The molecule has 0 saturated carbocycles. The van der Waals surface area contributed by atoms with Gasteiger partial charge in [0.25, 0.3) is 10.0 Å². The minimum absolute atomic E-state index is 0.00191.